The fourth-order valence-corrected chi connectivity index (χ4v) is 3.60. The minimum absolute atomic E-state index is 0.527. The Morgan fingerprint density at radius 3 is 2.24 bits per heavy atom. The van der Waals surface area contributed by atoms with Gasteiger partial charge in [0.1, 0.15) is 12.4 Å². The number of aromatic nitrogens is 1. The van der Waals surface area contributed by atoms with E-state index in [2.05, 4.69) is 34.1 Å². The van der Waals surface area contributed by atoms with Crippen molar-refractivity contribution in [3.05, 3.63) is 84.1 Å². The molecule has 1 saturated heterocycles. The van der Waals surface area contributed by atoms with Crippen LogP contribution in [0.5, 0.6) is 5.75 Å². The standard InChI is InChI=1S/C25H28N2O2/c1-6-16-27(17-7-1)20-28-18-21-11-13-22(14-12-21)19-29-25-10-3-2-8-23(25)24-9-4-5-15-26-24/h2-5,8-15H,1,6-7,16-20H2. The smallest absolute Gasteiger partial charge is 0.129 e. The molecule has 2 heterocycles. The van der Waals surface area contributed by atoms with Gasteiger partial charge in [-0.25, -0.2) is 0 Å². The Hall–Kier alpha value is -2.69. The van der Waals surface area contributed by atoms with Gasteiger partial charge in [0.25, 0.3) is 0 Å². The first kappa shape index (κ1) is 19.6. The predicted molar refractivity (Wildman–Crippen MR) is 116 cm³/mol. The van der Waals surface area contributed by atoms with Gasteiger partial charge in [0.05, 0.1) is 19.0 Å². The average Bonchev–Trinajstić information content (AvgIpc) is 2.80. The SMILES string of the molecule is c1ccc(-c2ccccc2OCc2ccc(COCN3CCCCC3)cc2)nc1. The first-order valence-electron chi connectivity index (χ1n) is 10.4. The number of hydrogen-bond acceptors (Lipinski definition) is 4. The lowest BCUT2D eigenvalue weighted by Gasteiger charge is -2.25. The normalized spacial score (nSPS) is 14.6. The van der Waals surface area contributed by atoms with Crippen molar-refractivity contribution in [1.82, 2.24) is 9.88 Å². The highest BCUT2D eigenvalue weighted by atomic mass is 16.5. The maximum absolute atomic E-state index is 6.10. The van der Waals surface area contributed by atoms with Gasteiger partial charge in [-0.2, -0.15) is 0 Å². The highest BCUT2D eigenvalue weighted by Gasteiger charge is 2.10. The van der Waals surface area contributed by atoms with E-state index in [1.807, 2.05) is 42.5 Å². The molecule has 1 fully saturated rings. The number of rotatable bonds is 8. The molecule has 1 aliphatic rings. The number of para-hydroxylation sites is 1. The Morgan fingerprint density at radius 1 is 0.759 bits per heavy atom. The Labute approximate surface area is 173 Å². The van der Waals surface area contributed by atoms with Crippen LogP contribution in [-0.4, -0.2) is 29.7 Å². The number of likely N-dealkylation sites (tertiary alicyclic amines) is 1. The molecule has 0 saturated carbocycles. The number of hydrogen-bond donors (Lipinski definition) is 0. The number of ether oxygens (including phenoxy) is 2. The third kappa shape index (κ3) is 5.66. The molecule has 0 unspecified atom stereocenters. The lowest BCUT2D eigenvalue weighted by Crippen LogP contribution is -2.31. The van der Waals surface area contributed by atoms with Crippen LogP contribution in [-0.2, 0) is 18.0 Å². The third-order valence-corrected chi connectivity index (χ3v) is 5.24. The van der Waals surface area contributed by atoms with Crippen LogP contribution in [0.15, 0.2) is 72.9 Å². The van der Waals surface area contributed by atoms with Crippen molar-refractivity contribution < 1.29 is 9.47 Å². The van der Waals surface area contributed by atoms with Gasteiger partial charge < -0.3 is 9.47 Å². The predicted octanol–water partition coefficient (Wildman–Crippen LogP) is 5.29. The van der Waals surface area contributed by atoms with Crippen LogP contribution in [0.3, 0.4) is 0 Å². The Morgan fingerprint density at radius 2 is 1.48 bits per heavy atom. The first-order chi connectivity index (χ1) is 14.4. The number of benzene rings is 2. The molecule has 1 aliphatic heterocycles. The van der Waals surface area contributed by atoms with Gasteiger partial charge in [0.2, 0.25) is 0 Å². The summed E-state index contributed by atoms with van der Waals surface area (Å²) in [6.07, 6.45) is 5.74. The monoisotopic (exact) mass is 388 g/mol. The lowest BCUT2D eigenvalue weighted by atomic mass is 10.1. The summed E-state index contributed by atoms with van der Waals surface area (Å²) in [5, 5.41) is 0. The van der Waals surface area contributed by atoms with E-state index < -0.39 is 0 Å². The van der Waals surface area contributed by atoms with Crippen LogP contribution < -0.4 is 4.74 Å². The molecule has 2 aromatic carbocycles. The summed E-state index contributed by atoms with van der Waals surface area (Å²) in [7, 11) is 0. The molecule has 0 spiro atoms. The molecule has 0 amide bonds. The van der Waals surface area contributed by atoms with Crippen molar-refractivity contribution in [1.29, 1.82) is 0 Å². The largest absolute Gasteiger partial charge is 0.488 e. The lowest BCUT2D eigenvalue weighted by molar-refractivity contribution is 0.00974. The minimum atomic E-state index is 0.527. The van der Waals surface area contributed by atoms with E-state index in [-0.39, 0.29) is 0 Å². The fourth-order valence-electron chi connectivity index (χ4n) is 3.60. The molecule has 0 N–H and O–H groups in total. The van der Waals surface area contributed by atoms with E-state index in [9.17, 15) is 0 Å². The van der Waals surface area contributed by atoms with E-state index in [0.29, 0.717) is 13.2 Å². The van der Waals surface area contributed by atoms with E-state index in [1.165, 1.54) is 24.8 Å². The van der Waals surface area contributed by atoms with Crippen LogP contribution in [0.1, 0.15) is 30.4 Å². The van der Waals surface area contributed by atoms with E-state index in [4.69, 9.17) is 9.47 Å². The van der Waals surface area contributed by atoms with Crippen molar-refractivity contribution in [3.8, 4) is 17.0 Å². The van der Waals surface area contributed by atoms with Gasteiger partial charge in [-0.1, -0.05) is 48.9 Å². The summed E-state index contributed by atoms with van der Waals surface area (Å²) in [4.78, 5) is 6.83. The highest BCUT2D eigenvalue weighted by molar-refractivity contribution is 5.66. The van der Waals surface area contributed by atoms with E-state index >= 15 is 0 Å². The van der Waals surface area contributed by atoms with Crippen molar-refractivity contribution in [2.45, 2.75) is 32.5 Å². The van der Waals surface area contributed by atoms with E-state index in [1.54, 1.807) is 6.20 Å². The summed E-state index contributed by atoms with van der Waals surface area (Å²) in [6, 6.07) is 22.4. The van der Waals surface area contributed by atoms with Crippen molar-refractivity contribution in [2.75, 3.05) is 19.8 Å². The molecule has 4 nitrogen and oxygen atoms in total. The van der Waals surface area contributed by atoms with Gasteiger partial charge in [0, 0.05) is 24.8 Å². The van der Waals surface area contributed by atoms with Crippen LogP contribution in [0.4, 0.5) is 0 Å². The van der Waals surface area contributed by atoms with Gasteiger partial charge in [-0.05, 0) is 48.2 Å². The molecule has 0 bridgehead atoms. The topological polar surface area (TPSA) is 34.6 Å². The quantitative estimate of drug-likeness (QED) is 0.525. The molecule has 29 heavy (non-hydrogen) atoms. The van der Waals surface area contributed by atoms with E-state index in [0.717, 1.165) is 42.4 Å². The first-order valence-corrected chi connectivity index (χ1v) is 10.4. The summed E-state index contributed by atoms with van der Waals surface area (Å²) >= 11 is 0. The fraction of sp³-hybridized carbons (Fsp3) is 0.320. The highest BCUT2D eigenvalue weighted by Crippen LogP contribution is 2.28. The molecule has 4 rings (SSSR count). The van der Waals surface area contributed by atoms with Crippen LogP contribution in [0, 0.1) is 0 Å². The molecule has 0 atom stereocenters. The summed E-state index contributed by atoms with van der Waals surface area (Å²) in [5.74, 6) is 0.847. The Bertz CT molecular complexity index is 875. The zero-order chi connectivity index (χ0) is 19.7. The molecule has 1 aromatic heterocycles. The molecule has 4 heteroatoms. The van der Waals surface area contributed by atoms with Crippen LogP contribution in [0.25, 0.3) is 11.3 Å². The van der Waals surface area contributed by atoms with Gasteiger partial charge in [-0.15, -0.1) is 0 Å². The Balaban J connectivity index is 1.30. The van der Waals surface area contributed by atoms with Crippen molar-refractivity contribution in [3.63, 3.8) is 0 Å². The second kappa shape index (κ2) is 10.2. The number of pyridine rings is 1. The molecular formula is C25H28N2O2. The average molecular weight is 389 g/mol. The molecule has 3 aromatic rings. The Kier molecular flexibility index (Phi) is 6.89. The van der Waals surface area contributed by atoms with Crippen LogP contribution >= 0.6 is 0 Å². The molecule has 150 valence electrons. The van der Waals surface area contributed by atoms with Crippen molar-refractivity contribution in [2.24, 2.45) is 0 Å². The zero-order valence-electron chi connectivity index (χ0n) is 16.8. The van der Waals surface area contributed by atoms with Gasteiger partial charge >= 0.3 is 0 Å². The molecular weight excluding hydrogens is 360 g/mol. The van der Waals surface area contributed by atoms with Crippen molar-refractivity contribution >= 4 is 0 Å². The van der Waals surface area contributed by atoms with Gasteiger partial charge in [0.15, 0.2) is 0 Å². The van der Waals surface area contributed by atoms with Crippen LogP contribution in [0.2, 0.25) is 0 Å². The number of piperidine rings is 1. The summed E-state index contributed by atoms with van der Waals surface area (Å²) < 4.78 is 12.0. The third-order valence-electron chi connectivity index (χ3n) is 5.24. The second-order valence-corrected chi connectivity index (χ2v) is 7.47. The molecule has 0 radical (unpaired) electrons. The summed E-state index contributed by atoms with van der Waals surface area (Å²) in [6.45, 7) is 4.24. The molecule has 0 aliphatic carbocycles. The second-order valence-electron chi connectivity index (χ2n) is 7.47. The van der Waals surface area contributed by atoms with Gasteiger partial charge in [-0.3, -0.25) is 9.88 Å². The maximum Gasteiger partial charge on any atom is 0.129 e. The maximum atomic E-state index is 6.10. The number of nitrogens with zero attached hydrogens (tertiary/aromatic N) is 2. The zero-order valence-corrected chi connectivity index (χ0v) is 16.8. The summed E-state index contributed by atoms with van der Waals surface area (Å²) in [5.41, 5.74) is 4.26. The minimum Gasteiger partial charge on any atom is -0.488 e.